The van der Waals surface area contributed by atoms with Crippen LogP contribution in [-0.2, 0) is 16.1 Å². The highest BCUT2D eigenvalue weighted by molar-refractivity contribution is 7.17. The Hall–Kier alpha value is -2.19. The van der Waals surface area contributed by atoms with Crippen molar-refractivity contribution in [2.75, 3.05) is 31.2 Å². The summed E-state index contributed by atoms with van der Waals surface area (Å²) in [7, 11) is 0. The zero-order valence-corrected chi connectivity index (χ0v) is 14.7. The lowest BCUT2D eigenvalue weighted by molar-refractivity contribution is -0.121. The number of amides is 1. The van der Waals surface area contributed by atoms with E-state index in [1.54, 1.807) is 22.2 Å². The molecule has 24 heavy (non-hydrogen) atoms. The van der Waals surface area contributed by atoms with Crippen LogP contribution in [0.3, 0.4) is 0 Å². The molecule has 0 aliphatic carbocycles. The van der Waals surface area contributed by atoms with Crippen LogP contribution in [-0.4, -0.2) is 48.2 Å². The molecule has 7 nitrogen and oxygen atoms in total. The average Bonchev–Trinajstić information content (AvgIpc) is 3.15. The lowest BCUT2D eigenvalue weighted by atomic mass is 10.4. The van der Waals surface area contributed by atoms with Crippen LogP contribution in [0.4, 0.5) is 5.00 Å². The van der Waals surface area contributed by atoms with Gasteiger partial charge in [0.1, 0.15) is 6.54 Å². The maximum absolute atomic E-state index is 11.9. The number of aryl methyl sites for hydroxylation is 2. The monoisotopic (exact) mass is 347 g/mol. The van der Waals surface area contributed by atoms with E-state index < -0.39 is 0 Å². The number of nitrogens with zero attached hydrogens (tertiary/aromatic N) is 4. The molecule has 0 radical (unpaired) electrons. The summed E-state index contributed by atoms with van der Waals surface area (Å²) in [4.78, 5) is 15.2. The maximum atomic E-state index is 11.9. The number of aromatic nitrogens is 2. The highest BCUT2D eigenvalue weighted by Gasteiger charge is 2.12. The molecule has 1 aliphatic heterocycles. The van der Waals surface area contributed by atoms with Gasteiger partial charge in [-0.1, -0.05) is 0 Å². The Kier molecular flexibility index (Phi) is 5.27. The molecule has 0 unspecified atom stereocenters. The molecule has 1 saturated heterocycles. The minimum Gasteiger partial charge on any atom is -0.378 e. The number of hydrogen-bond donors (Lipinski definition) is 1. The number of hydrazone groups is 1. The molecule has 0 atom stereocenters. The summed E-state index contributed by atoms with van der Waals surface area (Å²) in [5.74, 6) is -0.192. The van der Waals surface area contributed by atoms with Gasteiger partial charge < -0.3 is 9.64 Å². The van der Waals surface area contributed by atoms with Gasteiger partial charge in [-0.05, 0) is 32.0 Å². The van der Waals surface area contributed by atoms with Gasteiger partial charge in [0.25, 0.3) is 5.91 Å². The molecule has 3 rings (SSSR count). The highest BCUT2D eigenvalue weighted by Crippen LogP contribution is 2.25. The third kappa shape index (κ3) is 4.21. The second kappa shape index (κ2) is 7.59. The molecule has 2 aromatic heterocycles. The number of carbonyl (C=O) groups is 1. The molecular weight excluding hydrogens is 326 g/mol. The number of anilines is 1. The lowest BCUT2D eigenvalue weighted by Crippen LogP contribution is -2.35. The summed E-state index contributed by atoms with van der Waals surface area (Å²) in [5, 5.41) is 9.50. The fourth-order valence-electron chi connectivity index (χ4n) is 2.54. The van der Waals surface area contributed by atoms with E-state index in [1.165, 1.54) is 5.00 Å². The second-order valence-electron chi connectivity index (χ2n) is 5.65. The Morgan fingerprint density at radius 2 is 2.21 bits per heavy atom. The van der Waals surface area contributed by atoms with Crippen molar-refractivity contribution in [3.8, 4) is 0 Å². The number of rotatable bonds is 5. The van der Waals surface area contributed by atoms with Gasteiger partial charge in [-0.3, -0.25) is 9.48 Å². The number of morpholine rings is 1. The zero-order valence-electron chi connectivity index (χ0n) is 13.9. The van der Waals surface area contributed by atoms with E-state index >= 15 is 0 Å². The molecule has 2 aromatic rings. The van der Waals surface area contributed by atoms with E-state index in [9.17, 15) is 4.79 Å². The number of thiophene rings is 1. The number of ether oxygens (including phenoxy) is 1. The smallest absolute Gasteiger partial charge is 0.261 e. The zero-order chi connectivity index (χ0) is 16.9. The van der Waals surface area contributed by atoms with Crippen LogP contribution < -0.4 is 10.3 Å². The van der Waals surface area contributed by atoms with E-state index in [-0.39, 0.29) is 12.5 Å². The Balaban J connectivity index is 1.51. The molecule has 1 fully saturated rings. The molecule has 8 heteroatoms. The Morgan fingerprint density at radius 1 is 1.42 bits per heavy atom. The van der Waals surface area contributed by atoms with Crippen LogP contribution in [0.25, 0.3) is 0 Å². The molecule has 1 N–H and O–H groups in total. The minimum absolute atomic E-state index is 0.167. The predicted octanol–water partition coefficient (Wildman–Crippen LogP) is 1.55. The summed E-state index contributed by atoms with van der Waals surface area (Å²) in [6.45, 7) is 7.36. The second-order valence-corrected chi connectivity index (χ2v) is 6.75. The molecule has 0 spiro atoms. The van der Waals surface area contributed by atoms with Crippen molar-refractivity contribution >= 4 is 28.5 Å². The van der Waals surface area contributed by atoms with Crippen LogP contribution in [0, 0.1) is 13.8 Å². The van der Waals surface area contributed by atoms with Gasteiger partial charge in [0.2, 0.25) is 0 Å². The van der Waals surface area contributed by atoms with Gasteiger partial charge in [-0.2, -0.15) is 10.2 Å². The molecule has 1 amide bonds. The average molecular weight is 347 g/mol. The Labute approximate surface area is 144 Å². The summed E-state index contributed by atoms with van der Waals surface area (Å²) in [5.41, 5.74) is 4.41. The molecule has 3 heterocycles. The molecule has 128 valence electrons. The van der Waals surface area contributed by atoms with Crippen molar-refractivity contribution in [1.82, 2.24) is 15.2 Å². The SMILES string of the molecule is Cc1cc(C)n(CC(=O)N/N=C\c2ccc(N3CCOCC3)s2)n1. The third-order valence-corrected chi connectivity index (χ3v) is 4.79. The molecule has 0 bridgehead atoms. The van der Waals surface area contributed by atoms with E-state index in [4.69, 9.17) is 4.74 Å². The number of hydrogen-bond acceptors (Lipinski definition) is 6. The van der Waals surface area contributed by atoms with Gasteiger partial charge >= 0.3 is 0 Å². The van der Waals surface area contributed by atoms with E-state index in [0.717, 1.165) is 42.6 Å². The third-order valence-electron chi connectivity index (χ3n) is 3.71. The van der Waals surface area contributed by atoms with Crippen LogP contribution in [0.1, 0.15) is 16.3 Å². The standard InChI is InChI=1S/C16H21N5O2S/c1-12-9-13(2)21(19-12)11-15(22)18-17-10-14-3-4-16(24-14)20-5-7-23-8-6-20/h3-4,9-10H,5-8,11H2,1-2H3,(H,18,22)/b17-10-. The highest BCUT2D eigenvalue weighted by atomic mass is 32.1. The first kappa shape index (κ1) is 16.7. The molecule has 1 aliphatic rings. The summed E-state index contributed by atoms with van der Waals surface area (Å²) in [6, 6.07) is 6.02. The van der Waals surface area contributed by atoms with Crippen LogP contribution in [0.15, 0.2) is 23.3 Å². The van der Waals surface area contributed by atoms with Crippen LogP contribution >= 0.6 is 11.3 Å². The summed E-state index contributed by atoms with van der Waals surface area (Å²) >= 11 is 1.65. The van der Waals surface area contributed by atoms with Gasteiger partial charge in [0.05, 0.1) is 30.1 Å². The largest absolute Gasteiger partial charge is 0.378 e. The fourth-order valence-corrected chi connectivity index (χ4v) is 3.47. The first-order valence-electron chi connectivity index (χ1n) is 7.87. The molecule has 0 saturated carbocycles. The van der Waals surface area contributed by atoms with Crippen molar-refractivity contribution in [3.05, 3.63) is 34.5 Å². The summed E-state index contributed by atoms with van der Waals surface area (Å²) in [6.07, 6.45) is 1.67. The summed E-state index contributed by atoms with van der Waals surface area (Å²) < 4.78 is 7.03. The van der Waals surface area contributed by atoms with Gasteiger partial charge in [-0.25, -0.2) is 5.43 Å². The van der Waals surface area contributed by atoms with Gasteiger partial charge in [0.15, 0.2) is 0 Å². The Morgan fingerprint density at radius 3 is 2.92 bits per heavy atom. The minimum atomic E-state index is -0.192. The van der Waals surface area contributed by atoms with Crippen molar-refractivity contribution in [2.45, 2.75) is 20.4 Å². The Bertz CT molecular complexity index is 731. The van der Waals surface area contributed by atoms with Crippen molar-refractivity contribution in [1.29, 1.82) is 0 Å². The van der Waals surface area contributed by atoms with Crippen LogP contribution in [0.5, 0.6) is 0 Å². The molecule has 0 aromatic carbocycles. The van der Waals surface area contributed by atoms with Gasteiger partial charge in [-0.15, -0.1) is 11.3 Å². The van der Waals surface area contributed by atoms with Gasteiger partial charge in [0, 0.05) is 23.7 Å². The van der Waals surface area contributed by atoms with Crippen LogP contribution in [0.2, 0.25) is 0 Å². The quantitative estimate of drug-likeness (QED) is 0.658. The maximum Gasteiger partial charge on any atom is 0.261 e. The molecular formula is C16H21N5O2S. The van der Waals surface area contributed by atoms with E-state index in [1.807, 2.05) is 26.0 Å². The normalized spacial score (nSPS) is 15.2. The topological polar surface area (TPSA) is 71.8 Å². The first-order chi connectivity index (χ1) is 11.6. The lowest BCUT2D eigenvalue weighted by Gasteiger charge is -2.27. The number of nitrogens with one attached hydrogen (secondary N) is 1. The van der Waals surface area contributed by atoms with Crippen molar-refractivity contribution in [2.24, 2.45) is 5.10 Å². The van der Waals surface area contributed by atoms with E-state index in [2.05, 4.69) is 26.6 Å². The fraction of sp³-hybridized carbons (Fsp3) is 0.438. The van der Waals surface area contributed by atoms with E-state index in [0.29, 0.717) is 0 Å². The predicted molar refractivity (Wildman–Crippen MR) is 94.8 cm³/mol. The van der Waals surface area contributed by atoms with Crippen molar-refractivity contribution in [3.63, 3.8) is 0 Å². The number of carbonyl (C=O) groups excluding carboxylic acids is 1. The van der Waals surface area contributed by atoms with Crippen molar-refractivity contribution < 1.29 is 9.53 Å². The first-order valence-corrected chi connectivity index (χ1v) is 8.69.